The minimum Gasteiger partial charge on any atom is -0.352 e. The Morgan fingerprint density at radius 3 is 2.69 bits per heavy atom. The maximum atomic E-state index is 12.2. The van der Waals surface area contributed by atoms with Crippen molar-refractivity contribution in [3.63, 3.8) is 0 Å². The molecule has 3 rings (SSSR count). The second-order valence-electron chi connectivity index (χ2n) is 6.15. The molecule has 9 nitrogen and oxygen atoms in total. The maximum Gasteiger partial charge on any atom is 0.269 e. The highest BCUT2D eigenvalue weighted by atomic mass is 16.6. The van der Waals surface area contributed by atoms with Crippen molar-refractivity contribution in [3.05, 3.63) is 52.3 Å². The lowest BCUT2D eigenvalue weighted by molar-refractivity contribution is -0.384. The Balaban J connectivity index is 1.48. The highest BCUT2D eigenvalue weighted by Gasteiger charge is 2.12. The smallest absolute Gasteiger partial charge is 0.269 e. The van der Waals surface area contributed by atoms with Crippen molar-refractivity contribution in [3.8, 4) is 5.69 Å². The van der Waals surface area contributed by atoms with Gasteiger partial charge in [0.05, 0.1) is 22.4 Å². The molecule has 2 aromatic rings. The topological polar surface area (TPSA) is 105 Å². The van der Waals surface area contributed by atoms with E-state index in [2.05, 4.69) is 20.6 Å². The molecule has 1 aromatic carbocycles. The van der Waals surface area contributed by atoms with E-state index in [0.717, 1.165) is 39.1 Å². The average molecular weight is 358 g/mol. The number of nitro benzene ring substituents is 1. The molecule has 1 aromatic heterocycles. The van der Waals surface area contributed by atoms with Crippen molar-refractivity contribution < 1.29 is 9.72 Å². The number of nitrogens with zero attached hydrogens (tertiary/aromatic N) is 4. The zero-order valence-corrected chi connectivity index (χ0v) is 14.4. The summed E-state index contributed by atoms with van der Waals surface area (Å²) < 4.78 is 1.53. The normalized spacial score (nSPS) is 14.9. The van der Waals surface area contributed by atoms with Crippen molar-refractivity contribution in [1.29, 1.82) is 0 Å². The summed E-state index contributed by atoms with van der Waals surface area (Å²) in [5, 5.41) is 21.1. The summed E-state index contributed by atoms with van der Waals surface area (Å²) >= 11 is 0. The molecule has 0 unspecified atom stereocenters. The number of non-ortho nitro benzene ring substituents is 1. The fraction of sp³-hybridized carbons (Fsp3) is 0.412. The van der Waals surface area contributed by atoms with Crippen LogP contribution in [0, 0.1) is 10.1 Å². The third-order valence-electron chi connectivity index (χ3n) is 4.32. The fourth-order valence-electron chi connectivity index (χ4n) is 2.85. The van der Waals surface area contributed by atoms with Gasteiger partial charge in [-0.1, -0.05) is 0 Å². The number of carbonyl (C=O) groups is 1. The molecule has 1 aliphatic heterocycles. The van der Waals surface area contributed by atoms with E-state index in [0.29, 0.717) is 17.8 Å². The van der Waals surface area contributed by atoms with Crippen LogP contribution in [0.3, 0.4) is 0 Å². The lowest BCUT2D eigenvalue weighted by Gasteiger charge is -2.27. The molecular formula is C17H22N6O3. The molecule has 1 aliphatic rings. The lowest BCUT2D eigenvalue weighted by atomic mass is 10.3. The maximum absolute atomic E-state index is 12.2. The molecule has 26 heavy (non-hydrogen) atoms. The number of hydrogen-bond acceptors (Lipinski definition) is 6. The Morgan fingerprint density at radius 2 is 2.00 bits per heavy atom. The van der Waals surface area contributed by atoms with Crippen LogP contribution in [0.25, 0.3) is 5.69 Å². The largest absolute Gasteiger partial charge is 0.352 e. The quantitative estimate of drug-likeness (QED) is 0.431. The first-order valence-corrected chi connectivity index (χ1v) is 8.64. The Hall–Kier alpha value is -2.78. The number of hydrogen-bond donors (Lipinski definition) is 2. The fourth-order valence-corrected chi connectivity index (χ4v) is 2.85. The van der Waals surface area contributed by atoms with Crippen LogP contribution in [-0.2, 0) is 0 Å². The molecule has 0 bridgehead atoms. The van der Waals surface area contributed by atoms with E-state index < -0.39 is 4.92 Å². The van der Waals surface area contributed by atoms with Crippen LogP contribution in [0.15, 0.2) is 36.7 Å². The number of benzene rings is 1. The average Bonchev–Trinajstić information content (AvgIpc) is 3.16. The van der Waals surface area contributed by atoms with E-state index in [1.54, 1.807) is 18.3 Å². The molecule has 0 atom stereocenters. The summed E-state index contributed by atoms with van der Waals surface area (Å²) in [6.45, 7) is 5.74. The first kappa shape index (κ1) is 18.0. The Kier molecular flexibility index (Phi) is 5.92. The van der Waals surface area contributed by atoms with E-state index in [1.807, 2.05) is 0 Å². The van der Waals surface area contributed by atoms with Gasteiger partial charge >= 0.3 is 0 Å². The molecule has 0 aliphatic carbocycles. The van der Waals surface area contributed by atoms with Crippen LogP contribution >= 0.6 is 0 Å². The zero-order chi connectivity index (χ0) is 18.4. The number of rotatable bonds is 7. The molecule has 2 heterocycles. The van der Waals surface area contributed by atoms with Crippen molar-refractivity contribution in [1.82, 2.24) is 25.3 Å². The SMILES string of the molecule is O=C(NCCCN1CCNCC1)c1cnn(-c2ccc([N+](=O)[O-])cc2)c1. The minimum absolute atomic E-state index is 0.0170. The predicted molar refractivity (Wildman–Crippen MR) is 96.5 cm³/mol. The Morgan fingerprint density at radius 1 is 1.27 bits per heavy atom. The third-order valence-corrected chi connectivity index (χ3v) is 4.32. The van der Waals surface area contributed by atoms with Gasteiger partial charge in [0, 0.05) is 51.1 Å². The minimum atomic E-state index is -0.452. The Bertz CT molecular complexity index is 752. The van der Waals surface area contributed by atoms with Gasteiger partial charge in [0.25, 0.3) is 11.6 Å². The van der Waals surface area contributed by atoms with Crippen molar-refractivity contribution in [2.45, 2.75) is 6.42 Å². The first-order chi connectivity index (χ1) is 12.6. The third kappa shape index (κ3) is 4.64. The van der Waals surface area contributed by atoms with Crippen LogP contribution in [0.4, 0.5) is 5.69 Å². The highest BCUT2D eigenvalue weighted by molar-refractivity contribution is 5.93. The van der Waals surface area contributed by atoms with Gasteiger partial charge in [-0.15, -0.1) is 0 Å². The molecule has 0 radical (unpaired) electrons. The molecule has 1 amide bonds. The molecule has 0 spiro atoms. The Labute approximate surface area is 151 Å². The van der Waals surface area contributed by atoms with Crippen LogP contribution in [-0.4, -0.2) is 64.8 Å². The van der Waals surface area contributed by atoms with E-state index in [4.69, 9.17) is 0 Å². The van der Waals surface area contributed by atoms with Gasteiger partial charge in [0.1, 0.15) is 0 Å². The van der Waals surface area contributed by atoms with E-state index in [1.165, 1.54) is 23.0 Å². The lowest BCUT2D eigenvalue weighted by Crippen LogP contribution is -2.44. The summed E-state index contributed by atoms with van der Waals surface area (Å²) in [6.07, 6.45) is 4.02. The van der Waals surface area contributed by atoms with Gasteiger partial charge in [-0.05, 0) is 25.1 Å². The molecule has 2 N–H and O–H groups in total. The van der Waals surface area contributed by atoms with Crippen LogP contribution in [0.1, 0.15) is 16.8 Å². The standard InChI is InChI=1S/C17H22N6O3/c24-17(19-6-1-9-21-10-7-18-8-11-21)14-12-20-22(13-14)15-2-4-16(5-3-15)23(25)26/h2-5,12-13,18H,1,6-11H2,(H,19,24). The summed E-state index contributed by atoms with van der Waals surface area (Å²) in [7, 11) is 0. The van der Waals surface area contributed by atoms with E-state index in [9.17, 15) is 14.9 Å². The van der Waals surface area contributed by atoms with Gasteiger partial charge in [0.15, 0.2) is 0 Å². The first-order valence-electron chi connectivity index (χ1n) is 8.64. The van der Waals surface area contributed by atoms with Crippen molar-refractivity contribution >= 4 is 11.6 Å². The molecular weight excluding hydrogens is 336 g/mol. The van der Waals surface area contributed by atoms with Gasteiger partial charge < -0.3 is 15.5 Å². The molecule has 1 fully saturated rings. The molecule has 1 saturated heterocycles. The predicted octanol–water partition coefficient (Wildman–Crippen LogP) is 0.806. The van der Waals surface area contributed by atoms with Crippen LogP contribution < -0.4 is 10.6 Å². The van der Waals surface area contributed by atoms with Crippen LogP contribution in [0.2, 0.25) is 0 Å². The monoisotopic (exact) mass is 358 g/mol. The second kappa shape index (κ2) is 8.54. The molecule has 0 saturated carbocycles. The van der Waals surface area contributed by atoms with Gasteiger partial charge in [-0.2, -0.15) is 5.10 Å². The molecule has 9 heteroatoms. The summed E-state index contributed by atoms with van der Waals surface area (Å²) in [5.41, 5.74) is 1.14. The van der Waals surface area contributed by atoms with Crippen LogP contribution in [0.5, 0.6) is 0 Å². The second-order valence-corrected chi connectivity index (χ2v) is 6.15. The van der Waals surface area contributed by atoms with Crippen molar-refractivity contribution in [2.24, 2.45) is 0 Å². The van der Waals surface area contributed by atoms with Gasteiger partial charge in [0.2, 0.25) is 0 Å². The van der Waals surface area contributed by atoms with Crippen molar-refractivity contribution in [2.75, 3.05) is 39.3 Å². The highest BCUT2D eigenvalue weighted by Crippen LogP contribution is 2.15. The molecule has 138 valence electrons. The number of aromatic nitrogens is 2. The van der Waals surface area contributed by atoms with E-state index >= 15 is 0 Å². The summed E-state index contributed by atoms with van der Waals surface area (Å²) in [4.78, 5) is 24.8. The summed E-state index contributed by atoms with van der Waals surface area (Å²) in [5.74, 6) is -0.168. The number of piperazine rings is 1. The number of carbonyl (C=O) groups excluding carboxylic acids is 1. The van der Waals surface area contributed by atoms with E-state index in [-0.39, 0.29) is 11.6 Å². The number of nitrogens with one attached hydrogen (secondary N) is 2. The zero-order valence-electron chi connectivity index (χ0n) is 14.4. The number of nitro groups is 1. The summed E-state index contributed by atoms with van der Waals surface area (Å²) in [6, 6.07) is 6.01. The van der Waals surface area contributed by atoms with Gasteiger partial charge in [-0.25, -0.2) is 4.68 Å². The van der Waals surface area contributed by atoms with Gasteiger partial charge in [-0.3, -0.25) is 14.9 Å². The number of amides is 1.